The fourth-order valence-electron chi connectivity index (χ4n) is 3.55. The average Bonchev–Trinajstić information content (AvgIpc) is 3.17. The van der Waals surface area contributed by atoms with Crippen molar-refractivity contribution >= 4 is 17.5 Å². The van der Waals surface area contributed by atoms with Crippen molar-refractivity contribution in [1.29, 1.82) is 0 Å². The summed E-state index contributed by atoms with van der Waals surface area (Å²) in [6.07, 6.45) is -0.710. The summed E-state index contributed by atoms with van der Waals surface area (Å²) in [6, 6.07) is 25.5. The number of carbonyl (C=O) groups is 1. The van der Waals surface area contributed by atoms with E-state index in [1.54, 1.807) is 6.92 Å². The molecule has 0 fully saturated rings. The second-order valence-electron chi connectivity index (χ2n) is 7.12. The van der Waals surface area contributed by atoms with Crippen molar-refractivity contribution in [2.45, 2.75) is 13.5 Å². The summed E-state index contributed by atoms with van der Waals surface area (Å²) in [5, 5.41) is 0.473. The average molecular weight is 445 g/mol. The molecule has 160 valence electrons. The van der Waals surface area contributed by atoms with Crippen LogP contribution in [0, 0.1) is 0 Å². The highest BCUT2D eigenvalue weighted by Crippen LogP contribution is 2.52. The Labute approximate surface area is 189 Å². The number of para-hydroxylation sites is 1. The normalized spacial score (nSPS) is 11.3. The van der Waals surface area contributed by atoms with Gasteiger partial charge < -0.3 is 18.9 Å². The highest BCUT2D eigenvalue weighted by molar-refractivity contribution is 7.18. The Morgan fingerprint density at radius 3 is 2.53 bits per heavy atom. The summed E-state index contributed by atoms with van der Waals surface area (Å²) >= 11 is 1.38. The van der Waals surface area contributed by atoms with Crippen molar-refractivity contribution < 1.29 is 23.7 Å². The molecule has 0 aliphatic carbocycles. The van der Waals surface area contributed by atoms with Gasteiger partial charge in [0.25, 0.3) is 0 Å². The number of hydrogen-bond acceptors (Lipinski definition) is 6. The first-order valence-electron chi connectivity index (χ1n) is 10.3. The second kappa shape index (κ2) is 8.77. The highest BCUT2D eigenvalue weighted by atomic mass is 32.1. The first kappa shape index (κ1) is 20.2. The molecule has 1 aromatic heterocycles. The van der Waals surface area contributed by atoms with Gasteiger partial charge in [-0.1, -0.05) is 59.9 Å². The lowest BCUT2D eigenvalue weighted by Gasteiger charge is -2.12. The maximum Gasteiger partial charge on any atom is 0.514 e. The molecule has 6 heteroatoms. The van der Waals surface area contributed by atoms with Gasteiger partial charge in [-0.3, -0.25) is 0 Å². The fraction of sp³-hybridized carbons (Fsp3) is 0.115. The molecule has 2 heterocycles. The maximum atomic E-state index is 11.8. The van der Waals surface area contributed by atoms with Crippen LogP contribution in [0.2, 0.25) is 0 Å². The third-order valence-corrected chi connectivity index (χ3v) is 6.05. The van der Waals surface area contributed by atoms with E-state index in [-0.39, 0.29) is 6.61 Å². The molecule has 4 aromatic rings. The van der Waals surface area contributed by atoms with Crippen LogP contribution in [-0.4, -0.2) is 12.8 Å². The molecule has 0 radical (unpaired) electrons. The summed E-state index contributed by atoms with van der Waals surface area (Å²) in [4.78, 5) is 12.8. The summed E-state index contributed by atoms with van der Waals surface area (Å²) in [7, 11) is 0. The Morgan fingerprint density at radius 2 is 1.69 bits per heavy atom. The Hall–Kier alpha value is -3.77. The largest absolute Gasteiger partial charge is 0.514 e. The molecule has 5 rings (SSSR count). The lowest BCUT2D eigenvalue weighted by atomic mass is 10.0. The van der Waals surface area contributed by atoms with E-state index < -0.39 is 6.16 Å². The molecule has 0 saturated heterocycles. The van der Waals surface area contributed by atoms with Crippen LogP contribution in [0.1, 0.15) is 12.5 Å². The number of rotatable bonds is 5. The van der Waals surface area contributed by atoms with Crippen LogP contribution in [0.5, 0.6) is 22.3 Å². The van der Waals surface area contributed by atoms with Crippen LogP contribution in [0.25, 0.3) is 21.6 Å². The van der Waals surface area contributed by atoms with Crippen molar-refractivity contribution in [1.82, 2.24) is 0 Å². The molecule has 5 nitrogen and oxygen atoms in total. The van der Waals surface area contributed by atoms with Gasteiger partial charge in [0.2, 0.25) is 0 Å². The van der Waals surface area contributed by atoms with Gasteiger partial charge in [-0.2, -0.15) is 0 Å². The van der Waals surface area contributed by atoms with Gasteiger partial charge in [-0.15, -0.1) is 0 Å². The zero-order chi connectivity index (χ0) is 21.9. The molecule has 0 atom stereocenters. The number of benzene rings is 3. The van der Waals surface area contributed by atoms with Crippen molar-refractivity contribution in [3.63, 3.8) is 0 Å². The zero-order valence-electron chi connectivity index (χ0n) is 17.4. The smallest absolute Gasteiger partial charge is 0.489 e. The van der Waals surface area contributed by atoms with Crippen molar-refractivity contribution in [2.75, 3.05) is 6.61 Å². The Morgan fingerprint density at radius 1 is 0.875 bits per heavy atom. The molecule has 0 spiro atoms. The summed E-state index contributed by atoms with van der Waals surface area (Å²) in [5.74, 6) is 2.13. The van der Waals surface area contributed by atoms with Crippen molar-refractivity contribution in [3.8, 4) is 43.9 Å². The number of hydrogen-bond donors (Lipinski definition) is 0. The minimum absolute atomic E-state index is 0.259. The van der Waals surface area contributed by atoms with Crippen LogP contribution in [0.15, 0.2) is 78.9 Å². The van der Waals surface area contributed by atoms with Crippen LogP contribution in [-0.2, 0) is 11.3 Å². The lowest BCUT2D eigenvalue weighted by molar-refractivity contribution is 0.105. The van der Waals surface area contributed by atoms with Gasteiger partial charge in [-0.05, 0) is 30.7 Å². The fourth-order valence-corrected chi connectivity index (χ4v) is 4.60. The van der Waals surface area contributed by atoms with Gasteiger partial charge in [-0.25, -0.2) is 4.79 Å². The Bertz CT molecular complexity index is 1260. The van der Waals surface area contributed by atoms with E-state index in [4.69, 9.17) is 18.9 Å². The molecule has 0 unspecified atom stereocenters. The molecular weight excluding hydrogens is 424 g/mol. The van der Waals surface area contributed by atoms with Crippen LogP contribution in [0.4, 0.5) is 4.79 Å². The van der Waals surface area contributed by atoms with E-state index in [0.29, 0.717) is 23.2 Å². The monoisotopic (exact) mass is 444 g/mol. The minimum Gasteiger partial charge on any atom is -0.489 e. The predicted octanol–water partition coefficient (Wildman–Crippen LogP) is 7.30. The minimum atomic E-state index is -0.710. The third kappa shape index (κ3) is 4.05. The quantitative estimate of drug-likeness (QED) is 0.266. The van der Waals surface area contributed by atoms with Crippen molar-refractivity contribution in [3.05, 3.63) is 84.4 Å². The third-order valence-electron chi connectivity index (χ3n) is 5.00. The molecule has 0 amide bonds. The first-order chi connectivity index (χ1) is 15.7. The highest BCUT2D eigenvalue weighted by Gasteiger charge is 2.25. The number of ether oxygens (including phenoxy) is 4. The second-order valence-corrected chi connectivity index (χ2v) is 8.14. The molecule has 0 saturated carbocycles. The topological polar surface area (TPSA) is 54.0 Å². The number of thiophene rings is 1. The van der Waals surface area contributed by atoms with Gasteiger partial charge >= 0.3 is 6.16 Å². The van der Waals surface area contributed by atoms with Crippen LogP contribution >= 0.6 is 11.3 Å². The lowest BCUT2D eigenvalue weighted by Crippen LogP contribution is -2.08. The summed E-state index contributed by atoms with van der Waals surface area (Å²) in [6.45, 7) is 2.47. The standard InChI is InChI=1S/C26H20O5S/c1-2-28-26(27)31-24-15-21-19-10-6-7-11-22(19)30-23-14-18(12-13-20(23)25(21)32-24)29-16-17-8-4-3-5-9-17/h3-15H,2,16H2,1H3. The Kier molecular flexibility index (Phi) is 5.52. The maximum absolute atomic E-state index is 11.8. The van der Waals surface area contributed by atoms with E-state index in [1.807, 2.05) is 78.9 Å². The molecule has 0 N–H and O–H groups in total. The Balaban J connectivity index is 1.51. The van der Waals surface area contributed by atoms with Crippen molar-refractivity contribution in [2.24, 2.45) is 0 Å². The van der Waals surface area contributed by atoms with E-state index in [0.717, 1.165) is 32.9 Å². The van der Waals surface area contributed by atoms with E-state index >= 15 is 0 Å². The van der Waals surface area contributed by atoms with E-state index in [2.05, 4.69) is 0 Å². The summed E-state index contributed by atoms with van der Waals surface area (Å²) in [5.41, 5.74) is 3.88. The van der Waals surface area contributed by atoms with Gasteiger partial charge in [0.05, 0.1) is 6.61 Å². The number of fused-ring (bicyclic) bond motifs is 5. The number of carbonyl (C=O) groups excluding carboxylic acids is 1. The molecule has 1 aliphatic heterocycles. The molecule has 1 aliphatic rings. The van der Waals surface area contributed by atoms with E-state index in [9.17, 15) is 4.79 Å². The van der Waals surface area contributed by atoms with Gasteiger partial charge in [0.1, 0.15) is 23.9 Å². The predicted molar refractivity (Wildman–Crippen MR) is 124 cm³/mol. The molecular formula is C26H20O5S. The van der Waals surface area contributed by atoms with Gasteiger partial charge in [0.15, 0.2) is 5.06 Å². The molecule has 0 bridgehead atoms. The van der Waals surface area contributed by atoms with Crippen LogP contribution in [0.3, 0.4) is 0 Å². The SMILES string of the molecule is CCOC(=O)Oc1cc2c(s1)-c1ccc(OCc3ccccc3)cc1Oc1ccccc1-2. The first-order valence-corrected chi connectivity index (χ1v) is 11.1. The molecule has 32 heavy (non-hydrogen) atoms. The summed E-state index contributed by atoms with van der Waals surface area (Å²) < 4.78 is 22.6. The zero-order valence-corrected chi connectivity index (χ0v) is 18.2. The molecule has 3 aromatic carbocycles. The van der Waals surface area contributed by atoms with E-state index in [1.165, 1.54) is 11.3 Å². The van der Waals surface area contributed by atoms with Crippen LogP contribution < -0.4 is 14.2 Å². The van der Waals surface area contributed by atoms with Gasteiger partial charge in [0, 0.05) is 33.7 Å².